The van der Waals surface area contributed by atoms with Crippen molar-refractivity contribution in [3.05, 3.63) is 0 Å². The zero-order valence-electron chi connectivity index (χ0n) is 10.9. The van der Waals surface area contributed by atoms with Crippen LogP contribution in [0.15, 0.2) is 0 Å². The Labute approximate surface area is 99.9 Å². The molecule has 1 saturated carbocycles. The van der Waals surface area contributed by atoms with E-state index in [2.05, 4.69) is 13.8 Å². The molecule has 3 unspecified atom stereocenters. The minimum Gasteiger partial charge on any atom is -0.381 e. The van der Waals surface area contributed by atoms with E-state index in [1.54, 1.807) is 0 Å². The molecule has 2 nitrogen and oxygen atoms in total. The summed E-state index contributed by atoms with van der Waals surface area (Å²) < 4.78 is 5.51. The molecule has 0 aromatic heterocycles. The monoisotopic (exact) mass is 225 g/mol. The Morgan fingerprint density at radius 2 is 2.00 bits per heavy atom. The first-order valence-electron chi connectivity index (χ1n) is 6.98. The first-order chi connectivity index (χ1) is 7.62. The van der Waals surface area contributed by atoms with Gasteiger partial charge in [-0.3, -0.25) is 0 Å². The van der Waals surface area contributed by atoms with E-state index in [-0.39, 0.29) is 5.54 Å². The van der Waals surface area contributed by atoms with Crippen LogP contribution in [0, 0.1) is 17.8 Å². The summed E-state index contributed by atoms with van der Waals surface area (Å²) in [5, 5.41) is 0. The largest absolute Gasteiger partial charge is 0.381 e. The van der Waals surface area contributed by atoms with E-state index in [0.29, 0.717) is 5.92 Å². The van der Waals surface area contributed by atoms with Crippen molar-refractivity contribution < 1.29 is 4.74 Å². The first kappa shape index (κ1) is 12.4. The fourth-order valence-corrected chi connectivity index (χ4v) is 3.48. The molecule has 0 aromatic carbocycles. The van der Waals surface area contributed by atoms with E-state index in [1.807, 2.05) is 0 Å². The fraction of sp³-hybridized carbons (Fsp3) is 1.00. The molecule has 2 fully saturated rings. The van der Waals surface area contributed by atoms with Crippen molar-refractivity contribution in [2.75, 3.05) is 13.2 Å². The second-order valence-electron chi connectivity index (χ2n) is 6.23. The number of hydrogen-bond acceptors (Lipinski definition) is 2. The summed E-state index contributed by atoms with van der Waals surface area (Å²) in [5.74, 6) is 2.34. The summed E-state index contributed by atoms with van der Waals surface area (Å²) >= 11 is 0. The highest BCUT2D eigenvalue weighted by Gasteiger charge is 2.38. The predicted octanol–water partition coefficient (Wildman–Crippen LogP) is 2.96. The van der Waals surface area contributed by atoms with E-state index in [9.17, 15) is 0 Å². The molecule has 1 aliphatic carbocycles. The van der Waals surface area contributed by atoms with Crippen molar-refractivity contribution in [1.82, 2.24) is 0 Å². The van der Waals surface area contributed by atoms with Crippen LogP contribution in [0.25, 0.3) is 0 Å². The Hall–Kier alpha value is -0.0800. The van der Waals surface area contributed by atoms with Crippen molar-refractivity contribution in [1.29, 1.82) is 0 Å². The van der Waals surface area contributed by atoms with Gasteiger partial charge in [-0.2, -0.15) is 0 Å². The third-order valence-corrected chi connectivity index (χ3v) is 4.88. The average Bonchev–Trinajstić information content (AvgIpc) is 2.70. The lowest BCUT2D eigenvalue weighted by molar-refractivity contribution is 0.154. The average molecular weight is 225 g/mol. The van der Waals surface area contributed by atoms with Crippen molar-refractivity contribution in [3.63, 3.8) is 0 Å². The second-order valence-corrected chi connectivity index (χ2v) is 6.23. The zero-order valence-corrected chi connectivity index (χ0v) is 10.9. The van der Waals surface area contributed by atoms with E-state index in [0.717, 1.165) is 25.0 Å². The summed E-state index contributed by atoms with van der Waals surface area (Å²) in [5.41, 5.74) is 6.73. The van der Waals surface area contributed by atoms with Gasteiger partial charge < -0.3 is 10.5 Å². The van der Waals surface area contributed by atoms with Crippen molar-refractivity contribution >= 4 is 0 Å². The Bertz CT molecular complexity index is 223. The molecule has 1 heterocycles. The Morgan fingerprint density at radius 3 is 2.62 bits per heavy atom. The molecule has 0 aromatic rings. The molecule has 0 spiro atoms. The molecule has 0 amide bonds. The van der Waals surface area contributed by atoms with Gasteiger partial charge in [0.05, 0.1) is 6.61 Å². The summed E-state index contributed by atoms with van der Waals surface area (Å²) in [4.78, 5) is 0. The van der Waals surface area contributed by atoms with Gasteiger partial charge in [0.15, 0.2) is 0 Å². The molecule has 2 aliphatic rings. The second kappa shape index (κ2) is 5.05. The van der Waals surface area contributed by atoms with Crippen LogP contribution in [-0.4, -0.2) is 18.8 Å². The standard InChI is InChI=1S/C14H27NO/c1-11(2)12-4-3-7-14(15,8-5-12)13-6-9-16-10-13/h11-13H,3-10,15H2,1-2H3. The van der Waals surface area contributed by atoms with E-state index in [4.69, 9.17) is 10.5 Å². The topological polar surface area (TPSA) is 35.2 Å². The maximum Gasteiger partial charge on any atom is 0.0512 e. The molecule has 3 atom stereocenters. The lowest BCUT2D eigenvalue weighted by Crippen LogP contribution is -2.47. The van der Waals surface area contributed by atoms with Crippen LogP contribution >= 0.6 is 0 Å². The number of ether oxygens (including phenoxy) is 1. The van der Waals surface area contributed by atoms with E-state index < -0.39 is 0 Å². The third-order valence-electron chi connectivity index (χ3n) is 4.88. The molecule has 94 valence electrons. The van der Waals surface area contributed by atoms with Gasteiger partial charge >= 0.3 is 0 Å². The lowest BCUT2D eigenvalue weighted by Gasteiger charge is -2.34. The predicted molar refractivity (Wildman–Crippen MR) is 67.3 cm³/mol. The minimum atomic E-state index is 0.0835. The van der Waals surface area contributed by atoms with Crippen LogP contribution in [0.4, 0.5) is 0 Å². The highest BCUT2D eigenvalue weighted by atomic mass is 16.5. The molecular weight excluding hydrogens is 198 g/mol. The van der Waals surface area contributed by atoms with Gasteiger partial charge in [0.2, 0.25) is 0 Å². The Morgan fingerprint density at radius 1 is 1.19 bits per heavy atom. The van der Waals surface area contributed by atoms with Crippen LogP contribution in [-0.2, 0) is 4.74 Å². The summed E-state index contributed by atoms with van der Waals surface area (Å²) in [6, 6.07) is 0. The van der Waals surface area contributed by atoms with Gasteiger partial charge in [-0.05, 0) is 37.5 Å². The smallest absolute Gasteiger partial charge is 0.0512 e. The van der Waals surface area contributed by atoms with Crippen molar-refractivity contribution in [2.24, 2.45) is 23.5 Å². The lowest BCUT2D eigenvalue weighted by atomic mass is 9.77. The van der Waals surface area contributed by atoms with Gasteiger partial charge in [-0.1, -0.05) is 26.7 Å². The van der Waals surface area contributed by atoms with Crippen molar-refractivity contribution in [2.45, 2.75) is 57.9 Å². The Kier molecular flexibility index (Phi) is 3.91. The molecule has 1 aliphatic heterocycles. The maximum absolute atomic E-state index is 6.65. The molecule has 2 rings (SSSR count). The quantitative estimate of drug-likeness (QED) is 0.733. The van der Waals surface area contributed by atoms with Crippen LogP contribution in [0.5, 0.6) is 0 Å². The van der Waals surface area contributed by atoms with Crippen LogP contribution in [0.3, 0.4) is 0 Å². The number of rotatable bonds is 2. The number of nitrogens with two attached hydrogens (primary N) is 1. The minimum absolute atomic E-state index is 0.0835. The number of hydrogen-bond donors (Lipinski definition) is 1. The van der Waals surface area contributed by atoms with Gasteiger partial charge in [0.25, 0.3) is 0 Å². The third kappa shape index (κ3) is 2.60. The first-order valence-corrected chi connectivity index (χ1v) is 6.98. The summed E-state index contributed by atoms with van der Waals surface area (Å²) in [7, 11) is 0. The van der Waals surface area contributed by atoms with E-state index >= 15 is 0 Å². The van der Waals surface area contributed by atoms with Crippen LogP contribution in [0.1, 0.15) is 52.4 Å². The fourth-order valence-electron chi connectivity index (χ4n) is 3.48. The SMILES string of the molecule is CC(C)C1CCCC(N)(C2CCOC2)CC1. The summed E-state index contributed by atoms with van der Waals surface area (Å²) in [6.07, 6.45) is 7.63. The molecule has 1 saturated heterocycles. The molecule has 2 heteroatoms. The normalized spacial score (nSPS) is 41.2. The molecule has 0 bridgehead atoms. The van der Waals surface area contributed by atoms with Gasteiger partial charge in [-0.25, -0.2) is 0 Å². The molecule has 2 N–H and O–H groups in total. The van der Waals surface area contributed by atoms with Crippen molar-refractivity contribution in [3.8, 4) is 0 Å². The zero-order chi connectivity index (χ0) is 11.6. The summed E-state index contributed by atoms with van der Waals surface area (Å²) in [6.45, 7) is 6.54. The van der Waals surface area contributed by atoms with Gasteiger partial charge in [0.1, 0.15) is 0 Å². The molecule has 16 heavy (non-hydrogen) atoms. The van der Waals surface area contributed by atoms with Crippen LogP contribution in [0.2, 0.25) is 0 Å². The van der Waals surface area contributed by atoms with Gasteiger partial charge in [0, 0.05) is 18.1 Å². The van der Waals surface area contributed by atoms with Gasteiger partial charge in [-0.15, -0.1) is 0 Å². The Balaban J connectivity index is 1.96. The highest BCUT2D eigenvalue weighted by molar-refractivity contribution is 4.95. The molecular formula is C14H27NO. The van der Waals surface area contributed by atoms with Crippen LogP contribution < -0.4 is 5.73 Å². The van der Waals surface area contributed by atoms with E-state index in [1.165, 1.54) is 38.5 Å². The maximum atomic E-state index is 6.65. The molecule has 0 radical (unpaired) electrons. The highest BCUT2D eigenvalue weighted by Crippen LogP contribution is 2.38.